The summed E-state index contributed by atoms with van der Waals surface area (Å²) in [7, 11) is 1.33. The van der Waals surface area contributed by atoms with Crippen molar-refractivity contribution in [2.75, 3.05) is 13.7 Å². The minimum absolute atomic E-state index is 0.223. The Morgan fingerprint density at radius 1 is 1.53 bits per heavy atom. The SMILES string of the molecule is COC(=O)C1CCCCN1C(=O)c1ccon1. The van der Waals surface area contributed by atoms with Crippen molar-refractivity contribution >= 4 is 11.9 Å². The topological polar surface area (TPSA) is 72.6 Å². The molecule has 0 spiro atoms. The molecule has 6 heteroatoms. The first-order chi connectivity index (χ1) is 8.24. The Kier molecular flexibility index (Phi) is 3.41. The summed E-state index contributed by atoms with van der Waals surface area (Å²) in [5.74, 6) is -0.657. The summed E-state index contributed by atoms with van der Waals surface area (Å²) in [4.78, 5) is 25.2. The van der Waals surface area contributed by atoms with Crippen molar-refractivity contribution in [2.45, 2.75) is 25.3 Å². The highest BCUT2D eigenvalue weighted by atomic mass is 16.5. The Labute approximate surface area is 98.5 Å². The molecule has 0 N–H and O–H groups in total. The second-order valence-corrected chi connectivity index (χ2v) is 3.92. The number of carbonyl (C=O) groups excluding carboxylic acids is 2. The van der Waals surface area contributed by atoms with Gasteiger partial charge in [-0.05, 0) is 19.3 Å². The van der Waals surface area contributed by atoms with Gasteiger partial charge in [-0.25, -0.2) is 4.79 Å². The minimum Gasteiger partial charge on any atom is -0.467 e. The van der Waals surface area contributed by atoms with Crippen LogP contribution < -0.4 is 0 Å². The largest absolute Gasteiger partial charge is 0.467 e. The van der Waals surface area contributed by atoms with Crippen molar-refractivity contribution in [3.05, 3.63) is 18.0 Å². The number of esters is 1. The van der Waals surface area contributed by atoms with Gasteiger partial charge in [-0.3, -0.25) is 4.79 Å². The maximum Gasteiger partial charge on any atom is 0.328 e. The summed E-state index contributed by atoms with van der Waals surface area (Å²) in [6.07, 6.45) is 3.78. The zero-order valence-electron chi connectivity index (χ0n) is 9.59. The molecule has 1 atom stereocenters. The quantitative estimate of drug-likeness (QED) is 0.714. The molecule has 0 aliphatic carbocycles. The minimum atomic E-state index is -0.502. The Balaban J connectivity index is 2.16. The number of aromatic nitrogens is 1. The average molecular weight is 238 g/mol. The van der Waals surface area contributed by atoms with Crippen LogP contribution in [0.15, 0.2) is 16.9 Å². The first kappa shape index (κ1) is 11.6. The van der Waals surface area contributed by atoms with Gasteiger partial charge in [0, 0.05) is 12.6 Å². The number of nitrogens with zero attached hydrogens (tertiary/aromatic N) is 2. The van der Waals surface area contributed by atoms with E-state index in [1.54, 1.807) is 0 Å². The van der Waals surface area contributed by atoms with Crippen molar-refractivity contribution in [1.29, 1.82) is 0 Å². The molecule has 1 aliphatic rings. The number of hydrogen-bond donors (Lipinski definition) is 0. The number of likely N-dealkylation sites (tertiary alicyclic amines) is 1. The number of methoxy groups -OCH3 is 1. The molecule has 0 saturated carbocycles. The van der Waals surface area contributed by atoms with E-state index in [9.17, 15) is 9.59 Å². The summed E-state index contributed by atoms with van der Waals surface area (Å²) >= 11 is 0. The number of ether oxygens (including phenoxy) is 1. The third kappa shape index (κ3) is 2.30. The van der Waals surface area contributed by atoms with Gasteiger partial charge < -0.3 is 14.2 Å². The lowest BCUT2D eigenvalue weighted by Gasteiger charge is -2.33. The Hall–Kier alpha value is -1.85. The van der Waals surface area contributed by atoms with E-state index < -0.39 is 6.04 Å². The maximum atomic E-state index is 12.1. The van der Waals surface area contributed by atoms with Crippen LogP contribution in [0.4, 0.5) is 0 Å². The third-order valence-electron chi connectivity index (χ3n) is 2.89. The molecule has 17 heavy (non-hydrogen) atoms. The van der Waals surface area contributed by atoms with Crippen LogP contribution in [0.25, 0.3) is 0 Å². The summed E-state index contributed by atoms with van der Waals surface area (Å²) in [5.41, 5.74) is 0.223. The van der Waals surface area contributed by atoms with Gasteiger partial charge in [0.25, 0.3) is 5.91 Å². The molecule has 0 bridgehead atoms. The van der Waals surface area contributed by atoms with E-state index in [1.165, 1.54) is 24.3 Å². The molecule has 0 aromatic carbocycles. The lowest BCUT2D eigenvalue weighted by Crippen LogP contribution is -2.48. The van der Waals surface area contributed by atoms with Crippen molar-refractivity contribution < 1.29 is 18.8 Å². The van der Waals surface area contributed by atoms with Crippen LogP contribution in [0, 0.1) is 0 Å². The first-order valence-electron chi connectivity index (χ1n) is 5.53. The van der Waals surface area contributed by atoms with Gasteiger partial charge in [0.05, 0.1) is 7.11 Å². The van der Waals surface area contributed by atoms with Gasteiger partial charge in [-0.15, -0.1) is 0 Å². The van der Waals surface area contributed by atoms with Crippen molar-refractivity contribution in [3.8, 4) is 0 Å². The van der Waals surface area contributed by atoms with E-state index in [2.05, 4.69) is 9.68 Å². The molecule has 1 saturated heterocycles. The van der Waals surface area contributed by atoms with E-state index in [-0.39, 0.29) is 17.6 Å². The van der Waals surface area contributed by atoms with E-state index in [4.69, 9.17) is 4.74 Å². The van der Waals surface area contributed by atoms with Gasteiger partial charge in [0.2, 0.25) is 0 Å². The fourth-order valence-electron chi connectivity index (χ4n) is 2.03. The zero-order valence-corrected chi connectivity index (χ0v) is 9.59. The third-order valence-corrected chi connectivity index (χ3v) is 2.89. The van der Waals surface area contributed by atoms with Crippen molar-refractivity contribution in [3.63, 3.8) is 0 Å². The highest BCUT2D eigenvalue weighted by molar-refractivity contribution is 5.95. The number of hydrogen-bond acceptors (Lipinski definition) is 5. The highest BCUT2D eigenvalue weighted by Gasteiger charge is 2.34. The maximum absolute atomic E-state index is 12.1. The zero-order chi connectivity index (χ0) is 12.3. The Bertz CT molecular complexity index is 402. The molecular formula is C11H14N2O4. The molecule has 2 rings (SSSR count). The van der Waals surface area contributed by atoms with Gasteiger partial charge in [-0.2, -0.15) is 0 Å². The molecule has 1 fully saturated rings. The van der Waals surface area contributed by atoms with Crippen LogP contribution in [-0.4, -0.2) is 41.6 Å². The average Bonchev–Trinajstić information content (AvgIpc) is 2.91. The number of amides is 1. The number of carbonyl (C=O) groups is 2. The van der Waals surface area contributed by atoms with Crippen LogP contribution >= 0.6 is 0 Å². The molecule has 6 nitrogen and oxygen atoms in total. The molecule has 2 heterocycles. The van der Waals surface area contributed by atoms with E-state index in [1.807, 2.05) is 0 Å². The fraction of sp³-hybridized carbons (Fsp3) is 0.545. The predicted molar refractivity (Wildman–Crippen MR) is 57.2 cm³/mol. The smallest absolute Gasteiger partial charge is 0.328 e. The van der Waals surface area contributed by atoms with Crippen LogP contribution in [0.5, 0.6) is 0 Å². The van der Waals surface area contributed by atoms with Crippen molar-refractivity contribution in [2.24, 2.45) is 0 Å². The number of piperidine rings is 1. The summed E-state index contributed by atoms with van der Waals surface area (Å²) in [6, 6.07) is 0.989. The summed E-state index contributed by atoms with van der Waals surface area (Å²) in [5, 5.41) is 3.59. The molecule has 1 aromatic rings. The Morgan fingerprint density at radius 3 is 3.00 bits per heavy atom. The van der Waals surface area contributed by atoms with Gasteiger partial charge in [0.15, 0.2) is 5.69 Å². The standard InChI is InChI=1S/C11H14N2O4/c1-16-11(15)9-4-2-3-6-13(9)10(14)8-5-7-17-12-8/h5,7,9H,2-4,6H2,1H3. The monoisotopic (exact) mass is 238 g/mol. The lowest BCUT2D eigenvalue weighted by atomic mass is 10.0. The van der Waals surface area contributed by atoms with Crippen molar-refractivity contribution in [1.82, 2.24) is 10.1 Å². The molecule has 92 valence electrons. The van der Waals surface area contributed by atoms with Gasteiger partial charge in [-0.1, -0.05) is 5.16 Å². The molecular weight excluding hydrogens is 224 g/mol. The second-order valence-electron chi connectivity index (χ2n) is 3.92. The van der Waals surface area contributed by atoms with Gasteiger partial charge >= 0.3 is 5.97 Å². The summed E-state index contributed by atoms with van der Waals surface area (Å²) in [6.45, 7) is 0.547. The normalized spacial score (nSPS) is 20.1. The number of rotatable bonds is 2. The molecule has 1 aromatic heterocycles. The highest BCUT2D eigenvalue weighted by Crippen LogP contribution is 2.20. The van der Waals surface area contributed by atoms with Crippen LogP contribution in [0.1, 0.15) is 29.8 Å². The molecule has 1 unspecified atom stereocenters. The second kappa shape index (κ2) is 4.99. The van der Waals surface area contributed by atoms with Crippen LogP contribution in [-0.2, 0) is 9.53 Å². The van der Waals surface area contributed by atoms with E-state index in [0.717, 1.165) is 12.8 Å². The Morgan fingerprint density at radius 2 is 2.35 bits per heavy atom. The summed E-state index contributed by atoms with van der Waals surface area (Å²) < 4.78 is 9.35. The molecule has 1 aliphatic heterocycles. The van der Waals surface area contributed by atoms with Crippen LogP contribution in [0.3, 0.4) is 0 Å². The molecule has 1 amide bonds. The lowest BCUT2D eigenvalue weighted by molar-refractivity contribution is -0.147. The predicted octanol–water partition coefficient (Wildman–Crippen LogP) is 0.842. The van der Waals surface area contributed by atoms with E-state index >= 15 is 0 Å². The van der Waals surface area contributed by atoms with Gasteiger partial charge in [0.1, 0.15) is 12.3 Å². The van der Waals surface area contributed by atoms with E-state index in [0.29, 0.717) is 13.0 Å². The first-order valence-corrected chi connectivity index (χ1v) is 5.53. The molecule has 0 radical (unpaired) electrons. The van der Waals surface area contributed by atoms with Crippen LogP contribution in [0.2, 0.25) is 0 Å². The fourth-order valence-corrected chi connectivity index (χ4v) is 2.03.